The summed E-state index contributed by atoms with van der Waals surface area (Å²) < 4.78 is 12.6. The van der Waals surface area contributed by atoms with Crippen molar-refractivity contribution in [1.29, 1.82) is 0 Å². The van der Waals surface area contributed by atoms with E-state index < -0.39 is 7.14 Å². The quantitative estimate of drug-likeness (QED) is 0.312. The summed E-state index contributed by atoms with van der Waals surface area (Å²) in [6.07, 6.45) is 0. The van der Waals surface area contributed by atoms with Gasteiger partial charge in [-0.1, -0.05) is 66.7 Å². The van der Waals surface area contributed by atoms with Crippen molar-refractivity contribution < 1.29 is 4.57 Å². The van der Waals surface area contributed by atoms with Gasteiger partial charge in [0.1, 0.15) is 7.14 Å². The lowest BCUT2D eigenvalue weighted by molar-refractivity contribution is 0.588. The molecule has 0 amide bonds. The van der Waals surface area contributed by atoms with Crippen LogP contribution in [0.3, 0.4) is 0 Å². The van der Waals surface area contributed by atoms with E-state index in [-0.39, 0.29) is 0 Å². The van der Waals surface area contributed by atoms with Crippen molar-refractivity contribution in [2.45, 2.75) is 6.92 Å². The summed E-state index contributed by atoms with van der Waals surface area (Å²) in [5.41, 5.74) is 3.67. The second-order valence-electron chi connectivity index (χ2n) is 6.99. The van der Waals surface area contributed by atoms with Crippen LogP contribution in [0.4, 0.5) is 0 Å². The SMILES string of the molecule is Cc1c2ccccc2c(-c2cccc(P(C)(C)=O)c2)c2ccccc12. The zero-order valence-electron chi connectivity index (χ0n) is 14.8. The molecule has 0 aliphatic rings. The van der Waals surface area contributed by atoms with E-state index in [1.165, 1.54) is 32.7 Å². The van der Waals surface area contributed by atoms with Crippen LogP contribution in [0.15, 0.2) is 72.8 Å². The second kappa shape index (κ2) is 5.86. The molecule has 0 fully saturated rings. The molecule has 124 valence electrons. The van der Waals surface area contributed by atoms with Crippen LogP contribution in [0.25, 0.3) is 32.7 Å². The number of rotatable bonds is 2. The van der Waals surface area contributed by atoms with Crippen molar-refractivity contribution in [3.05, 3.63) is 78.4 Å². The number of fused-ring (bicyclic) bond motifs is 2. The van der Waals surface area contributed by atoms with Gasteiger partial charge in [0.15, 0.2) is 0 Å². The van der Waals surface area contributed by atoms with Crippen molar-refractivity contribution in [2.75, 3.05) is 13.3 Å². The summed E-state index contributed by atoms with van der Waals surface area (Å²) in [5, 5.41) is 5.98. The van der Waals surface area contributed by atoms with E-state index in [0.29, 0.717) is 0 Å². The van der Waals surface area contributed by atoms with E-state index in [9.17, 15) is 4.57 Å². The number of benzene rings is 4. The molecule has 0 saturated heterocycles. The third-order valence-corrected chi connectivity index (χ3v) is 6.48. The number of hydrogen-bond donors (Lipinski definition) is 0. The van der Waals surface area contributed by atoms with E-state index in [2.05, 4.69) is 67.6 Å². The summed E-state index contributed by atoms with van der Waals surface area (Å²) in [6, 6.07) is 25.4. The van der Waals surface area contributed by atoms with Gasteiger partial charge in [0, 0.05) is 5.30 Å². The van der Waals surface area contributed by atoms with Crippen molar-refractivity contribution in [1.82, 2.24) is 0 Å². The Labute approximate surface area is 148 Å². The van der Waals surface area contributed by atoms with Crippen LogP contribution in [-0.4, -0.2) is 13.3 Å². The minimum atomic E-state index is -2.30. The molecule has 0 unspecified atom stereocenters. The molecule has 0 aromatic heterocycles. The Morgan fingerprint density at radius 1 is 0.680 bits per heavy atom. The van der Waals surface area contributed by atoms with Crippen molar-refractivity contribution in [3.8, 4) is 11.1 Å². The lowest BCUT2D eigenvalue weighted by Crippen LogP contribution is -2.02. The van der Waals surface area contributed by atoms with Gasteiger partial charge in [-0.15, -0.1) is 0 Å². The summed E-state index contributed by atoms with van der Waals surface area (Å²) in [6.45, 7) is 5.85. The van der Waals surface area contributed by atoms with E-state index >= 15 is 0 Å². The van der Waals surface area contributed by atoms with Crippen LogP contribution in [0.2, 0.25) is 0 Å². The molecule has 0 aliphatic heterocycles. The minimum Gasteiger partial charge on any atom is -0.319 e. The molecule has 0 atom stereocenters. The van der Waals surface area contributed by atoms with Gasteiger partial charge in [-0.2, -0.15) is 0 Å². The van der Waals surface area contributed by atoms with Crippen LogP contribution >= 0.6 is 7.14 Å². The smallest absolute Gasteiger partial charge is 0.109 e. The molecule has 4 aromatic carbocycles. The van der Waals surface area contributed by atoms with Gasteiger partial charge in [-0.05, 0) is 64.6 Å². The first-order valence-corrected chi connectivity index (χ1v) is 11.1. The maximum absolute atomic E-state index is 12.6. The predicted molar refractivity (Wildman–Crippen MR) is 111 cm³/mol. The first-order chi connectivity index (χ1) is 12.0. The number of aryl methyl sites for hydroxylation is 1. The number of hydrogen-bond acceptors (Lipinski definition) is 1. The van der Waals surface area contributed by atoms with Gasteiger partial charge in [-0.3, -0.25) is 0 Å². The van der Waals surface area contributed by atoms with Gasteiger partial charge in [-0.25, -0.2) is 0 Å². The largest absolute Gasteiger partial charge is 0.319 e. The lowest BCUT2D eigenvalue weighted by atomic mass is 9.89. The molecular weight excluding hydrogens is 323 g/mol. The third-order valence-electron chi connectivity index (χ3n) is 4.96. The average Bonchev–Trinajstić information content (AvgIpc) is 2.62. The molecule has 0 saturated carbocycles. The summed E-state index contributed by atoms with van der Waals surface area (Å²) in [5.74, 6) is 0. The summed E-state index contributed by atoms with van der Waals surface area (Å²) >= 11 is 0. The predicted octanol–water partition coefficient (Wildman–Crippen LogP) is 6.22. The molecule has 1 nitrogen and oxygen atoms in total. The first-order valence-electron chi connectivity index (χ1n) is 8.53. The van der Waals surface area contributed by atoms with Crippen LogP contribution in [0, 0.1) is 6.92 Å². The minimum absolute atomic E-state index is 0.929. The standard InChI is InChI=1S/C23H21OP/c1-16-19-11-4-6-13-21(19)23(22-14-7-5-12-20(16)22)17-9-8-10-18(15-17)25(2,3)24/h4-15H,1-3H3. The third kappa shape index (κ3) is 2.69. The second-order valence-corrected chi connectivity index (χ2v) is 10.2. The fraction of sp³-hybridized carbons (Fsp3) is 0.130. The van der Waals surface area contributed by atoms with Gasteiger partial charge in [0.2, 0.25) is 0 Å². The Balaban J connectivity index is 2.17. The van der Waals surface area contributed by atoms with Gasteiger partial charge >= 0.3 is 0 Å². The highest BCUT2D eigenvalue weighted by molar-refractivity contribution is 7.70. The van der Waals surface area contributed by atoms with Crippen LogP contribution in [0.5, 0.6) is 0 Å². The molecule has 0 heterocycles. The molecule has 25 heavy (non-hydrogen) atoms. The molecule has 2 heteroatoms. The van der Waals surface area contributed by atoms with Crippen molar-refractivity contribution in [2.24, 2.45) is 0 Å². The topological polar surface area (TPSA) is 17.1 Å². The maximum atomic E-state index is 12.6. The Kier molecular flexibility index (Phi) is 3.78. The van der Waals surface area contributed by atoms with E-state index in [1.807, 2.05) is 25.5 Å². The molecular formula is C23H21OP. The molecule has 0 radical (unpaired) electrons. The van der Waals surface area contributed by atoms with Crippen molar-refractivity contribution in [3.63, 3.8) is 0 Å². The van der Waals surface area contributed by atoms with E-state index in [0.717, 1.165) is 10.9 Å². The molecule has 0 bridgehead atoms. The fourth-order valence-electron chi connectivity index (χ4n) is 3.65. The van der Waals surface area contributed by atoms with Crippen LogP contribution in [0.1, 0.15) is 5.56 Å². The average molecular weight is 344 g/mol. The molecule has 0 spiro atoms. The Morgan fingerprint density at radius 3 is 1.72 bits per heavy atom. The normalized spacial score (nSPS) is 12.0. The van der Waals surface area contributed by atoms with E-state index in [1.54, 1.807) is 0 Å². The maximum Gasteiger partial charge on any atom is 0.109 e. The Bertz CT molecular complexity index is 1090. The lowest BCUT2D eigenvalue weighted by Gasteiger charge is -2.16. The zero-order valence-corrected chi connectivity index (χ0v) is 15.7. The molecule has 0 N–H and O–H groups in total. The highest BCUT2D eigenvalue weighted by Crippen LogP contribution is 2.40. The van der Waals surface area contributed by atoms with Crippen LogP contribution in [-0.2, 0) is 4.57 Å². The van der Waals surface area contributed by atoms with Crippen molar-refractivity contribution >= 4 is 34.0 Å². The van der Waals surface area contributed by atoms with Crippen LogP contribution < -0.4 is 5.30 Å². The summed E-state index contributed by atoms with van der Waals surface area (Å²) in [4.78, 5) is 0. The molecule has 0 aliphatic carbocycles. The Morgan fingerprint density at radius 2 is 1.20 bits per heavy atom. The molecule has 4 rings (SSSR count). The van der Waals surface area contributed by atoms with Gasteiger partial charge in [0.25, 0.3) is 0 Å². The zero-order chi connectivity index (χ0) is 17.6. The van der Waals surface area contributed by atoms with E-state index in [4.69, 9.17) is 0 Å². The monoisotopic (exact) mass is 344 g/mol. The highest BCUT2D eigenvalue weighted by atomic mass is 31.2. The molecule has 4 aromatic rings. The van der Waals surface area contributed by atoms with Gasteiger partial charge < -0.3 is 4.57 Å². The summed E-state index contributed by atoms with van der Waals surface area (Å²) in [7, 11) is -2.30. The Hall–Kier alpha value is -2.37. The highest BCUT2D eigenvalue weighted by Gasteiger charge is 2.16. The fourth-order valence-corrected chi connectivity index (χ4v) is 4.55. The van der Waals surface area contributed by atoms with Gasteiger partial charge in [0.05, 0.1) is 0 Å². The first kappa shape index (κ1) is 16.1.